The summed E-state index contributed by atoms with van der Waals surface area (Å²) in [6, 6.07) is 0. The van der Waals surface area contributed by atoms with Crippen LogP contribution in [0.5, 0.6) is 0 Å². The van der Waals surface area contributed by atoms with Crippen LogP contribution in [0.1, 0.15) is 27.7 Å². The van der Waals surface area contributed by atoms with Crippen LogP contribution in [0.3, 0.4) is 0 Å². The molecular formula is C14H20N2O5. The van der Waals surface area contributed by atoms with E-state index < -0.39 is 29.7 Å². The van der Waals surface area contributed by atoms with E-state index in [9.17, 15) is 14.4 Å². The summed E-state index contributed by atoms with van der Waals surface area (Å²) in [5, 5.41) is 0. The number of hydrogen-bond acceptors (Lipinski definition) is 6. The molecule has 7 nitrogen and oxygen atoms in total. The normalized spacial score (nSPS) is 21.6. The van der Waals surface area contributed by atoms with E-state index in [-0.39, 0.29) is 18.8 Å². The van der Waals surface area contributed by atoms with Crippen LogP contribution in [0.25, 0.3) is 0 Å². The number of nitrogens with two attached hydrogens (primary N) is 1. The Balaban J connectivity index is 3.32. The molecule has 0 aromatic rings. The molecule has 0 aromatic heterocycles. The van der Waals surface area contributed by atoms with E-state index in [1.165, 1.54) is 0 Å². The molecule has 2 atom stereocenters. The lowest BCUT2D eigenvalue weighted by Gasteiger charge is -2.28. The van der Waals surface area contributed by atoms with E-state index in [1.54, 1.807) is 27.7 Å². The molecule has 2 N–H and O–H groups in total. The summed E-state index contributed by atoms with van der Waals surface area (Å²) < 4.78 is 9.88. The van der Waals surface area contributed by atoms with Crippen LogP contribution < -0.4 is 5.73 Å². The lowest BCUT2D eigenvalue weighted by Crippen LogP contribution is -2.44. The largest absolute Gasteiger partial charge is 0.465 e. The Morgan fingerprint density at radius 3 is 2.14 bits per heavy atom. The van der Waals surface area contributed by atoms with Crippen LogP contribution in [0, 0.1) is 11.8 Å². The van der Waals surface area contributed by atoms with E-state index in [1.807, 2.05) is 0 Å². The molecule has 21 heavy (non-hydrogen) atoms. The molecule has 0 saturated heterocycles. The van der Waals surface area contributed by atoms with Crippen LogP contribution in [-0.4, -0.2) is 36.8 Å². The second-order valence-electron chi connectivity index (χ2n) is 4.58. The second-order valence-corrected chi connectivity index (χ2v) is 4.58. The third-order valence-electron chi connectivity index (χ3n) is 3.17. The first-order valence-electron chi connectivity index (χ1n) is 6.74. The fourth-order valence-corrected chi connectivity index (χ4v) is 2.36. The van der Waals surface area contributed by atoms with Crippen molar-refractivity contribution in [2.75, 3.05) is 13.2 Å². The van der Waals surface area contributed by atoms with E-state index in [4.69, 9.17) is 15.2 Å². The maximum absolute atomic E-state index is 12.1. The summed E-state index contributed by atoms with van der Waals surface area (Å²) in [5.41, 5.74) is 6.14. The molecular weight excluding hydrogens is 276 g/mol. The number of amides is 1. The highest BCUT2D eigenvalue weighted by atomic mass is 16.5. The average Bonchev–Trinajstić information content (AvgIpc) is 2.37. The van der Waals surface area contributed by atoms with E-state index in [0.29, 0.717) is 11.4 Å². The second kappa shape index (κ2) is 7.01. The van der Waals surface area contributed by atoms with Gasteiger partial charge >= 0.3 is 11.9 Å². The lowest BCUT2D eigenvalue weighted by atomic mass is 9.79. The molecule has 0 spiro atoms. The van der Waals surface area contributed by atoms with Gasteiger partial charge in [-0.1, -0.05) is 0 Å². The van der Waals surface area contributed by atoms with Gasteiger partial charge in [0.05, 0.1) is 24.7 Å². The summed E-state index contributed by atoms with van der Waals surface area (Å²) in [6.45, 7) is 6.78. The van der Waals surface area contributed by atoms with E-state index in [2.05, 4.69) is 4.99 Å². The van der Waals surface area contributed by atoms with Gasteiger partial charge in [-0.3, -0.25) is 14.6 Å². The molecule has 1 amide bonds. The summed E-state index contributed by atoms with van der Waals surface area (Å²) in [6.07, 6.45) is 0. The highest BCUT2D eigenvalue weighted by Gasteiger charge is 2.44. The summed E-state index contributed by atoms with van der Waals surface area (Å²) in [7, 11) is 0. The molecule has 1 aliphatic rings. The van der Waals surface area contributed by atoms with Gasteiger partial charge in [0, 0.05) is 11.4 Å². The number of allylic oxidation sites excluding steroid dienone is 1. The van der Waals surface area contributed by atoms with Crippen molar-refractivity contribution in [1.29, 1.82) is 0 Å². The Bertz CT molecular complexity index is 521. The van der Waals surface area contributed by atoms with Gasteiger partial charge in [0.25, 0.3) is 0 Å². The first-order chi connectivity index (χ1) is 9.84. The topological polar surface area (TPSA) is 108 Å². The molecule has 0 saturated carbocycles. The standard InChI is InChI=1S/C14H20N2O5/c1-5-20-13(18)9-7(3)16-8(4)10(11(9)12(15)17)14(19)21-6-2/h9,11H,5-6H2,1-4H3,(H2,15,17). The van der Waals surface area contributed by atoms with Crippen molar-refractivity contribution < 1.29 is 23.9 Å². The number of carbonyl (C=O) groups is 3. The van der Waals surface area contributed by atoms with Crippen molar-refractivity contribution in [3.8, 4) is 0 Å². The van der Waals surface area contributed by atoms with Crippen molar-refractivity contribution in [3.63, 3.8) is 0 Å². The zero-order valence-corrected chi connectivity index (χ0v) is 12.6. The van der Waals surface area contributed by atoms with Gasteiger partial charge in [-0.05, 0) is 27.7 Å². The molecule has 1 rings (SSSR count). The zero-order valence-electron chi connectivity index (χ0n) is 12.6. The molecule has 0 bridgehead atoms. The quantitative estimate of drug-likeness (QED) is 0.746. The summed E-state index contributed by atoms with van der Waals surface area (Å²) in [5.74, 6) is -4.22. The Morgan fingerprint density at radius 2 is 1.67 bits per heavy atom. The van der Waals surface area contributed by atoms with Gasteiger partial charge in [0.15, 0.2) is 0 Å². The fraction of sp³-hybridized carbons (Fsp3) is 0.571. The molecule has 0 aromatic carbocycles. The highest BCUT2D eigenvalue weighted by Crippen LogP contribution is 2.32. The van der Waals surface area contributed by atoms with E-state index in [0.717, 1.165) is 0 Å². The molecule has 116 valence electrons. The Morgan fingerprint density at radius 1 is 1.10 bits per heavy atom. The van der Waals surface area contributed by atoms with Crippen molar-refractivity contribution in [2.24, 2.45) is 22.6 Å². The minimum atomic E-state index is -1.12. The summed E-state index contributed by atoms with van der Waals surface area (Å²) >= 11 is 0. The first kappa shape index (κ1) is 16.9. The molecule has 2 unspecified atom stereocenters. The highest BCUT2D eigenvalue weighted by molar-refractivity contribution is 6.10. The maximum atomic E-state index is 12.1. The molecule has 7 heteroatoms. The molecule has 0 fully saturated rings. The summed E-state index contributed by atoms with van der Waals surface area (Å²) in [4.78, 5) is 40.1. The zero-order chi connectivity index (χ0) is 16.2. The van der Waals surface area contributed by atoms with Crippen molar-refractivity contribution in [2.45, 2.75) is 27.7 Å². The number of esters is 2. The lowest BCUT2D eigenvalue weighted by molar-refractivity contribution is -0.149. The smallest absolute Gasteiger partial charge is 0.336 e. The minimum Gasteiger partial charge on any atom is -0.465 e. The van der Waals surface area contributed by atoms with Gasteiger partial charge in [-0.2, -0.15) is 0 Å². The van der Waals surface area contributed by atoms with Crippen LogP contribution in [0.2, 0.25) is 0 Å². The SMILES string of the molecule is CCOC(=O)C1=C(C)N=C(C)C(C(=O)OCC)C1C(N)=O. The predicted octanol–water partition coefficient (Wildman–Crippen LogP) is 0.579. The Kier molecular flexibility index (Phi) is 5.63. The molecule has 0 radical (unpaired) electrons. The van der Waals surface area contributed by atoms with Gasteiger partial charge in [0.1, 0.15) is 5.92 Å². The number of aliphatic imine (C=N–C) groups is 1. The molecule has 0 aliphatic carbocycles. The number of carbonyl (C=O) groups excluding carboxylic acids is 3. The molecule has 1 aliphatic heterocycles. The van der Waals surface area contributed by atoms with Gasteiger partial charge in [0.2, 0.25) is 5.91 Å². The van der Waals surface area contributed by atoms with E-state index >= 15 is 0 Å². The fourth-order valence-electron chi connectivity index (χ4n) is 2.36. The van der Waals surface area contributed by atoms with Crippen molar-refractivity contribution >= 4 is 23.6 Å². The van der Waals surface area contributed by atoms with Gasteiger partial charge < -0.3 is 15.2 Å². The van der Waals surface area contributed by atoms with Crippen molar-refractivity contribution in [1.82, 2.24) is 0 Å². The van der Waals surface area contributed by atoms with Crippen LogP contribution in [0.4, 0.5) is 0 Å². The minimum absolute atomic E-state index is 0.0213. The third-order valence-corrected chi connectivity index (χ3v) is 3.17. The first-order valence-corrected chi connectivity index (χ1v) is 6.74. The average molecular weight is 296 g/mol. The third kappa shape index (κ3) is 3.48. The van der Waals surface area contributed by atoms with Crippen molar-refractivity contribution in [3.05, 3.63) is 11.3 Å². The van der Waals surface area contributed by atoms with Crippen LogP contribution >= 0.6 is 0 Å². The maximum Gasteiger partial charge on any atom is 0.336 e. The number of hydrogen-bond donors (Lipinski definition) is 1. The molecule has 1 heterocycles. The number of nitrogens with zero attached hydrogens (tertiary/aromatic N) is 1. The monoisotopic (exact) mass is 296 g/mol. The predicted molar refractivity (Wildman–Crippen MR) is 75.2 cm³/mol. The Hall–Kier alpha value is -2.18. The number of rotatable bonds is 5. The van der Waals surface area contributed by atoms with Crippen LogP contribution in [-0.2, 0) is 23.9 Å². The van der Waals surface area contributed by atoms with Gasteiger partial charge in [-0.25, -0.2) is 4.79 Å². The Labute approximate surface area is 123 Å². The van der Waals surface area contributed by atoms with Crippen LogP contribution in [0.15, 0.2) is 16.3 Å². The van der Waals surface area contributed by atoms with Gasteiger partial charge in [-0.15, -0.1) is 0 Å². The number of ether oxygens (including phenoxy) is 2. The number of primary amides is 1.